The molecule has 0 aliphatic carbocycles. The summed E-state index contributed by atoms with van der Waals surface area (Å²) in [6, 6.07) is 15.0. The highest BCUT2D eigenvalue weighted by molar-refractivity contribution is 5.93. The molecule has 1 heterocycles. The minimum Gasteiger partial charge on any atom is -0.494 e. The molecule has 0 amide bonds. The van der Waals surface area contributed by atoms with Gasteiger partial charge >= 0.3 is 0 Å². The molecule has 4 heteroatoms. The van der Waals surface area contributed by atoms with Crippen LogP contribution in [0, 0.1) is 0 Å². The van der Waals surface area contributed by atoms with Crippen molar-refractivity contribution in [2.45, 2.75) is 6.92 Å². The Morgan fingerprint density at radius 1 is 1.05 bits per heavy atom. The van der Waals surface area contributed by atoms with Gasteiger partial charge in [0.15, 0.2) is 5.75 Å². The average Bonchev–Trinajstić information content (AvgIpc) is 2.51. The number of hydrogen-bond donors (Lipinski definition) is 1. The monoisotopic (exact) mass is 280 g/mol. The lowest BCUT2D eigenvalue weighted by Crippen LogP contribution is -1.95. The van der Waals surface area contributed by atoms with E-state index in [2.05, 4.69) is 4.98 Å². The Kier molecular flexibility index (Phi) is 3.60. The summed E-state index contributed by atoms with van der Waals surface area (Å²) in [6.45, 7) is 2.56. The van der Waals surface area contributed by atoms with E-state index in [0.29, 0.717) is 23.8 Å². The predicted octanol–water partition coefficient (Wildman–Crippen LogP) is 4.01. The molecule has 3 rings (SSSR count). The average molecular weight is 280 g/mol. The Morgan fingerprint density at radius 3 is 2.76 bits per heavy atom. The first-order valence-electron chi connectivity index (χ1n) is 6.82. The SMILES string of the molecule is CCOc1cccc(Oc2ccc3ncccc3c2N)c1. The molecule has 21 heavy (non-hydrogen) atoms. The van der Waals surface area contributed by atoms with Gasteiger partial charge in [0.05, 0.1) is 17.8 Å². The van der Waals surface area contributed by atoms with Crippen LogP contribution < -0.4 is 15.2 Å². The van der Waals surface area contributed by atoms with Crippen LogP contribution in [0.25, 0.3) is 10.9 Å². The second-order valence-electron chi connectivity index (χ2n) is 4.56. The van der Waals surface area contributed by atoms with Gasteiger partial charge in [0.1, 0.15) is 11.5 Å². The van der Waals surface area contributed by atoms with E-state index < -0.39 is 0 Å². The smallest absolute Gasteiger partial charge is 0.151 e. The van der Waals surface area contributed by atoms with Crippen molar-refractivity contribution in [3.05, 3.63) is 54.7 Å². The fourth-order valence-electron chi connectivity index (χ4n) is 2.17. The van der Waals surface area contributed by atoms with E-state index in [4.69, 9.17) is 15.2 Å². The van der Waals surface area contributed by atoms with Crippen molar-refractivity contribution in [2.24, 2.45) is 0 Å². The molecule has 0 atom stereocenters. The molecule has 106 valence electrons. The van der Waals surface area contributed by atoms with Gasteiger partial charge < -0.3 is 15.2 Å². The Labute approximate surface area is 123 Å². The largest absolute Gasteiger partial charge is 0.494 e. The van der Waals surface area contributed by atoms with E-state index in [9.17, 15) is 0 Å². The molecule has 0 aliphatic rings. The summed E-state index contributed by atoms with van der Waals surface area (Å²) in [5.74, 6) is 2.08. The molecule has 0 saturated heterocycles. The molecule has 0 bridgehead atoms. The summed E-state index contributed by atoms with van der Waals surface area (Å²) in [7, 11) is 0. The number of pyridine rings is 1. The van der Waals surface area contributed by atoms with E-state index >= 15 is 0 Å². The number of ether oxygens (including phenoxy) is 2. The molecule has 3 aromatic rings. The van der Waals surface area contributed by atoms with Crippen molar-refractivity contribution in [1.82, 2.24) is 4.98 Å². The van der Waals surface area contributed by atoms with Crippen LogP contribution in [0.3, 0.4) is 0 Å². The fourth-order valence-corrected chi connectivity index (χ4v) is 2.17. The molecule has 2 N–H and O–H groups in total. The third-order valence-electron chi connectivity index (χ3n) is 3.13. The highest BCUT2D eigenvalue weighted by atomic mass is 16.5. The second kappa shape index (κ2) is 5.71. The highest BCUT2D eigenvalue weighted by Crippen LogP contribution is 2.33. The molecular weight excluding hydrogens is 264 g/mol. The van der Waals surface area contributed by atoms with Gasteiger partial charge in [0.2, 0.25) is 0 Å². The van der Waals surface area contributed by atoms with Gasteiger partial charge in [0, 0.05) is 17.6 Å². The number of nitrogens with zero attached hydrogens (tertiary/aromatic N) is 1. The quantitative estimate of drug-likeness (QED) is 0.734. The summed E-state index contributed by atoms with van der Waals surface area (Å²) >= 11 is 0. The molecule has 4 nitrogen and oxygen atoms in total. The van der Waals surface area contributed by atoms with Crippen LogP contribution in [0.1, 0.15) is 6.92 Å². The van der Waals surface area contributed by atoms with Gasteiger partial charge in [-0.2, -0.15) is 0 Å². The number of benzene rings is 2. The van der Waals surface area contributed by atoms with Gasteiger partial charge in [-0.15, -0.1) is 0 Å². The van der Waals surface area contributed by atoms with Crippen molar-refractivity contribution in [3.8, 4) is 17.2 Å². The Hall–Kier alpha value is -2.75. The third-order valence-corrected chi connectivity index (χ3v) is 3.13. The van der Waals surface area contributed by atoms with Crippen LogP contribution in [0.5, 0.6) is 17.2 Å². The Bertz CT molecular complexity index is 772. The predicted molar refractivity (Wildman–Crippen MR) is 83.8 cm³/mol. The zero-order valence-corrected chi connectivity index (χ0v) is 11.7. The minimum absolute atomic E-state index is 0.586. The number of rotatable bonds is 4. The first kappa shape index (κ1) is 13.2. The van der Waals surface area contributed by atoms with E-state index in [1.54, 1.807) is 6.20 Å². The summed E-state index contributed by atoms with van der Waals surface area (Å²) in [4.78, 5) is 4.27. The van der Waals surface area contributed by atoms with E-state index in [0.717, 1.165) is 16.7 Å². The van der Waals surface area contributed by atoms with E-state index in [1.807, 2.05) is 55.5 Å². The molecule has 0 unspecified atom stereocenters. The van der Waals surface area contributed by atoms with E-state index in [-0.39, 0.29) is 0 Å². The Morgan fingerprint density at radius 2 is 1.90 bits per heavy atom. The van der Waals surface area contributed by atoms with Crippen molar-refractivity contribution >= 4 is 16.6 Å². The number of aromatic nitrogens is 1. The molecule has 0 aliphatic heterocycles. The normalized spacial score (nSPS) is 10.5. The molecular formula is C17H16N2O2. The van der Waals surface area contributed by atoms with Gasteiger partial charge in [0.25, 0.3) is 0 Å². The van der Waals surface area contributed by atoms with Crippen LogP contribution in [0.2, 0.25) is 0 Å². The van der Waals surface area contributed by atoms with Crippen molar-refractivity contribution in [2.75, 3.05) is 12.3 Å². The zero-order chi connectivity index (χ0) is 14.7. The first-order valence-corrected chi connectivity index (χ1v) is 6.82. The third kappa shape index (κ3) is 2.74. The molecule has 0 fully saturated rings. The number of nitrogen functional groups attached to an aromatic ring is 1. The molecule has 0 radical (unpaired) electrons. The number of nitrogens with two attached hydrogens (primary N) is 1. The lowest BCUT2D eigenvalue weighted by molar-refractivity contribution is 0.338. The maximum atomic E-state index is 6.17. The van der Waals surface area contributed by atoms with Crippen molar-refractivity contribution < 1.29 is 9.47 Å². The second-order valence-corrected chi connectivity index (χ2v) is 4.56. The number of anilines is 1. The number of fused-ring (bicyclic) bond motifs is 1. The van der Waals surface area contributed by atoms with Gasteiger partial charge in [-0.25, -0.2) is 0 Å². The Balaban J connectivity index is 1.94. The standard InChI is InChI=1S/C17H16N2O2/c1-2-20-12-5-3-6-13(11-12)21-16-9-8-15-14(17(16)18)7-4-10-19-15/h3-11H,2,18H2,1H3. The zero-order valence-electron chi connectivity index (χ0n) is 11.7. The lowest BCUT2D eigenvalue weighted by Gasteiger charge is -2.11. The first-order chi connectivity index (χ1) is 10.3. The molecule has 2 aromatic carbocycles. The van der Waals surface area contributed by atoms with Gasteiger partial charge in [-0.1, -0.05) is 6.07 Å². The fraction of sp³-hybridized carbons (Fsp3) is 0.118. The highest BCUT2D eigenvalue weighted by Gasteiger charge is 2.07. The summed E-state index contributed by atoms with van der Waals surface area (Å²) < 4.78 is 11.3. The summed E-state index contributed by atoms with van der Waals surface area (Å²) in [5, 5.41) is 0.885. The topological polar surface area (TPSA) is 57.4 Å². The summed E-state index contributed by atoms with van der Waals surface area (Å²) in [6.07, 6.45) is 1.74. The van der Waals surface area contributed by atoms with Crippen molar-refractivity contribution in [1.29, 1.82) is 0 Å². The number of hydrogen-bond acceptors (Lipinski definition) is 4. The maximum Gasteiger partial charge on any atom is 0.151 e. The molecule has 0 spiro atoms. The van der Waals surface area contributed by atoms with Crippen LogP contribution in [0.4, 0.5) is 5.69 Å². The maximum absolute atomic E-state index is 6.17. The minimum atomic E-state index is 0.586. The lowest BCUT2D eigenvalue weighted by atomic mass is 10.1. The molecule has 1 aromatic heterocycles. The van der Waals surface area contributed by atoms with Crippen LogP contribution in [-0.2, 0) is 0 Å². The van der Waals surface area contributed by atoms with Crippen LogP contribution in [0.15, 0.2) is 54.7 Å². The molecule has 0 saturated carbocycles. The summed E-state index contributed by atoms with van der Waals surface area (Å²) in [5.41, 5.74) is 7.61. The van der Waals surface area contributed by atoms with Gasteiger partial charge in [-0.05, 0) is 43.3 Å². The van der Waals surface area contributed by atoms with Gasteiger partial charge in [-0.3, -0.25) is 4.98 Å². The van der Waals surface area contributed by atoms with E-state index in [1.165, 1.54) is 0 Å². The van der Waals surface area contributed by atoms with Crippen LogP contribution in [-0.4, -0.2) is 11.6 Å². The van der Waals surface area contributed by atoms with Crippen molar-refractivity contribution in [3.63, 3.8) is 0 Å². The van der Waals surface area contributed by atoms with Crippen LogP contribution >= 0.6 is 0 Å².